The van der Waals surface area contributed by atoms with Gasteiger partial charge in [0, 0.05) is 5.92 Å². The van der Waals surface area contributed by atoms with Gasteiger partial charge in [-0.1, -0.05) is 24.5 Å². The molecule has 3 rings (SSSR count). The summed E-state index contributed by atoms with van der Waals surface area (Å²) in [7, 11) is 0. The minimum atomic E-state index is -0.936. The summed E-state index contributed by atoms with van der Waals surface area (Å²) in [5.74, 6) is -0.549. The predicted octanol–water partition coefficient (Wildman–Crippen LogP) is 2.36. The van der Waals surface area contributed by atoms with E-state index in [2.05, 4.69) is 10.3 Å². The second-order valence-corrected chi connectivity index (χ2v) is 5.14. The van der Waals surface area contributed by atoms with Crippen LogP contribution in [0.15, 0.2) is 0 Å². The smallest absolute Gasteiger partial charge is 0.358 e. The van der Waals surface area contributed by atoms with E-state index >= 15 is 0 Å². The fraction of sp³-hybridized carbons (Fsp3) is 0.750. The van der Waals surface area contributed by atoms with Gasteiger partial charge in [0.05, 0.1) is 11.7 Å². The third kappa shape index (κ3) is 1.94. The molecule has 0 saturated heterocycles. The van der Waals surface area contributed by atoms with Gasteiger partial charge >= 0.3 is 5.97 Å². The first kappa shape index (κ1) is 10.7. The van der Waals surface area contributed by atoms with Crippen LogP contribution in [0.4, 0.5) is 0 Å². The van der Waals surface area contributed by atoms with Crippen LogP contribution in [0.5, 0.6) is 0 Å². The van der Waals surface area contributed by atoms with E-state index in [0.717, 1.165) is 31.4 Å². The van der Waals surface area contributed by atoms with Crippen molar-refractivity contribution in [3.63, 3.8) is 0 Å². The molecule has 2 aliphatic carbocycles. The number of rotatable bonds is 3. The zero-order chi connectivity index (χ0) is 11.8. The van der Waals surface area contributed by atoms with Crippen LogP contribution in [0, 0.1) is 0 Å². The summed E-state index contributed by atoms with van der Waals surface area (Å²) in [6.45, 7) is 0. The Morgan fingerprint density at radius 3 is 2.47 bits per heavy atom. The molecule has 17 heavy (non-hydrogen) atoms. The van der Waals surface area contributed by atoms with Crippen LogP contribution < -0.4 is 0 Å². The number of aromatic nitrogens is 3. The quantitative estimate of drug-likeness (QED) is 0.873. The van der Waals surface area contributed by atoms with Gasteiger partial charge in [-0.15, -0.1) is 5.10 Å². The molecule has 0 unspecified atom stereocenters. The number of aromatic carboxylic acids is 1. The highest BCUT2D eigenvalue weighted by Crippen LogP contribution is 2.43. The van der Waals surface area contributed by atoms with Gasteiger partial charge in [0.1, 0.15) is 0 Å². The maximum atomic E-state index is 11.1. The van der Waals surface area contributed by atoms with Crippen LogP contribution in [0.1, 0.15) is 73.1 Å². The molecule has 2 saturated carbocycles. The standard InChI is InChI=1S/C12H17N3O2/c16-12(17)10-11(8-6-7-8)15(14-13-10)9-4-2-1-3-5-9/h8-9H,1-7H2,(H,16,17). The van der Waals surface area contributed by atoms with Gasteiger partial charge in [0.25, 0.3) is 0 Å². The summed E-state index contributed by atoms with van der Waals surface area (Å²) in [6, 6.07) is 0.375. The van der Waals surface area contributed by atoms with Gasteiger partial charge in [-0.3, -0.25) is 0 Å². The third-order valence-corrected chi connectivity index (χ3v) is 3.82. The van der Waals surface area contributed by atoms with Gasteiger partial charge in [-0.25, -0.2) is 9.48 Å². The maximum Gasteiger partial charge on any atom is 0.358 e. The fourth-order valence-corrected chi connectivity index (χ4v) is 2.79. The van der Waals surface area contributed by atoms with Crippen LogP contribution in [0.25, 0.3) is 0 Å². The molecule has 0 bridgehead atoms. The Kier molecular flexibility index (Phi) is 2.61. The SMILES string of the molecule is O=C(O)c1nnn(C2CCCCC2)c1C1CC1. The molecule has 0 atom stereocenters. The molecule has 5 heteroatoms. The Morgan fingerprint density at radius 1 is 1.18 bits per heavy atom. The molecule has 1 aromatic heterocycles. The van der Waals surface area contributed by atoms with Gasteiger partial charge in [-0.05, 0) is 25.7 Å². The van der Waals surface area contributed by atoms with Crippen molar-refractivity contribution in [2.24, 2.45) is 0 Å². The second kappa shape index (κ2) is 4.13. The summed E-state index contributed by atoms with van der Waals surface area (Å²) >= 11 is 0. The largest absolute Gasteiger partial charge is 0.476 e. The van der Waals surface area contributed by atoms with E-state index in [-0.39, 0.29) is 5.69 Å². The Hall–Kier alpha value is -1.39. The number of carboxylic acid groups (broad SMARTS) is 1. The minimum absolute atomic E-state index is 0.179. The minimum Gasteiger partial charge on any atom is -0.476 e. The molecule has 0 aromatic carbocycles. The van der Waals surface area contributed by atoms with Crippen molar-refractivity contribution in [1.29, 1.82) is 0 Å². The van der Waals surface area contributed by atoms with Gasteiger partial charge in [0.15, 0.2) is 5.69 Å². The Morgan fingerprint density at radius 2 is 1.88 bits per heavy atom. The fourth-order valence-electron chi connectivity index (χ4n) is 2.79. The van der Waals surface area contributed by atoms with Crippen molar-refractivity contribution in [2.75, 3.05) is 0 Å². The summed E-state index contributed by atoms with van der Waals surface area (Å²) in [5.41, 5.74) is 1.06. The van der Waals surface area contributed by atoms with E-state index in [9.17, 15) is 4.79 Å². The van der Waals surface area contributed by atoms with Crippen LogP contribution in [-0.2, 0) is 0 Å². The lowest BCUT2D eigenvalue weighted by Gasteiger charge is -2.23. The normalized spacial score (nSPS) is 21.6. The zero-order valence-corrected chi connectivity index (χ0v) is 9.80. The highest BCUT2D eigenvalue weighted by atomic mass is 16.4. The number of nitrogens with zero attached hydrogens (tertiary/aromatic N) is 3. The Bertz CT molecular complexity index is 431. The summed E-state index contributed by atoms with van der Waals surface area (Å²) in [6.07, 6.45) is 8.12. The number of carboxylic acids is 1. The molecular formula is C12H17N3O2. The van der Waals surface area contributed by atoms with Gasteiger partial charge in [-0.2, -0.15) is 0 Å². The molecule has 2 fully saturated rings. The van der Waals surface area contributed by atoms with E-state index in [0.29, 0.717) is 12.0 Å². The van der Waals surface area contributed by atoms with Crippen LogP contribution in [-0.4, -0.2) is 26.1 Å². The molecule has 2 aliphatic rings. The highest BCUT2D eigenvalue weighted by Gasteiger charge is 2.35. The molecule has 0 aliphatic heterocycles. The van der Waals surface area contributed by atoms with E-state index in [1.54, 1.807) is 0 Å². The van der Waals surface area contributed by atoms with E-state index in [1.807, 2.05) is 4.68 Å². The highest BCUT2D eigenvalue weighted by molar-refractivity contribution is 5.86. The molecule has 1 aromatic rings. The maximum absolute atomic E-state index is 11.1. The van der Waals surface area contributed by atoms with Gasteiger partial charge in [0.2, 0.25) is 0 Å². The lowest BCUT2D eigenvalue weighted by molar-refractivity contribution is 0.0689. The van der Waals surface area contributed by atoms with Crippen LogP contribution in [0.3, 0.4) is 0 Å². The average Bonchev–Trinajstić information content (AvgIpc) is 3.08. The third-order valence-electron chi connectivity index (χ3n) is 3.82. The topological polar surface area (TPSA) is 68.0 Å². The molecule has 1 heterocycles. The molecule has 1 N–H and O–H groups in total. The monoisotopic (exact) mass is 235 g/mol. The predicted molar refractivity (Wildman–Crippen MR) is 61.1 cm³/mol. The van der Waals surface area contributed by atoms with Crippen molar-refractivity contribution in [3.05, 3.63) is 11.4 Å². The summed E-state index contributed by atoms with van der Waals surface area (Å²) in [5, 5.41) is 17.1. The molecule has 0 spiro atoms. The van der Waals surface area contributed by atoms with Crippen molar-refractivity contribution in [3.8, 4) is 0 Å². The van der Waals surface area contributed by atoms with E-state index < -0.39 is 5.97 Å². The molecule has 5 nitrogen and oxygen atoms in total. The van der Waals surface area contributed by atoms with Crippen LogP contribution in [0.2, 0.25) is 0 Å². The lowest BCUT2D eigenvalue weighted by Crippen LogP contribution is -2.17. The Labute approximate surface area is 99.8 Å². The van der Waals surface area contributed by atoms with Gasteiger partial charge < -0.3 is 5.11 Å². The zero-order valence-electron chi connectivity index (χ0n) is 9.80. The Balaban J connectivity index is 1.95. The number of hydrogen-bond acceptors (Lipinski definition) is 3. The van der Waals surface area contributed by atoms with Crippen LogP contribution >= 0.6 is 0 Å². The molecule has 92 valence electrons. The molecule has 0 amide bonds. The van der Waals surface area contributed by atoms with Crippen molar-refractivity contribution < 1.29 is 9.90 Å². The second-order valence-electron chi connectivity index (χ2n) is 5.14. The van der Waals surface area contributed by atoms with E-state index in [4.69, 9.17) is 5.11 Å². The first-order valence-electron chi connectivity index (χ1n) is 6.45. The van der Waals surface area contributed by atoms with Crippen molar-refractivity contribution in [2.45, 2.75) is 56.9 Å². The summed E-state index contributed by atoms with van der Waals surface area (Å²) in [4.78, 5) is 11.1. The molecule has 0 radical (unpaired) electrons. The first-order valence-corrected chi connectivity index (χ1v) is 6.45. The van der Waals surface area contributed by atoms with Crippen molar-refractivity contribution >= 4 is 5.97 Å². The average molecular weight is 235 g/mol. The number of hydrogen-bond donors (Lipinski definition) is 1. The molecular weight excluding hydrogens is 218 g/mol. The lowest BCUT2D eigenvalue weighted by atomic mass is 9.95. The summed E-state index contributed by atoms with van der Waals surface area (Å²) < 4.78 is 1.92. The number of carbonyl (C=O) groups is 1. The van der Waals surface area contributed by atoms with E-state index in [1.165, 1.54) is 19.3 Å². The van der Waals surface area contributed by atoms with Crippen molar-refractivity contribution in [1.82, 2.24) is 15.0 Å². The first-order chi connectivity index (χ1) is 8.27.